The van der Waals surface area contributed by atoms with Crippen molar-refractivity contribution in [2.75, 3.05) is 0 Å². The van der Waals surface area contributed by atoms with Gasteiger partial charge in [0.05, 0.1) is 8.07 Å². The van der Waals surface area contributed by atoms with Gasteiger partial charge in [0, 0.05) is 64.6 Å². The van der Waals surface area contributed by atoms with Crippen LogP contribution in [0.4, 0.5) is 0 Å². The van der Waals surface area contributed by atoms with Crippen molar-refractivity contribution in [3.05, 3.63) is 29.9 Å². The topological polar surface area (TPSA) is 0 Å². The van der Waals surface area contributed by atoms with Gasteiger partial charge in [-0.2, -0.15) is 33.8 Å². The van der Waals surface area contributed by atoms with E-state index in [4.69, 9.17) is 0 Å². The summed E-state index contributed by atoms with van der Waals surface area (Å²) >= 11 is 0. The number of hydrogen-bond acceptors (Lipinski definition) is 0. The summed E-state index contributed by atoms with van der Waals surface area (Å²) < 4.78 is 0. The molecule has 0 radical (unpaired) electrons. The summed E-state index contributed by atoms with van der Waals surface area (Å²) in [5, 5.41) is 10.4. The van der Waals surface area contributed by atoms with Gasteiger partial charge in [-0.15, -0.1) is 16.1 Å². The summed E-state index contributed by atoms with van der Waals surface area (Å²) in [6.45, 7) is 50.0. The van der Waals surface area contributed by atoms with Crippen LogP contribution in [-0.4, -0.2) is 56.5 Å². The predicted molar refractivity (Wildman–Crippen MR) is 204 cm³/mol. The Morgan fingerprint density at radius 3 is 1.08 bits per heavy atom. The molecule has 0 aliphatic heterocycles. The summed E-state index contributed by atoms with van der Waals surface area (Å²) in [5.74, 6) is 0. The molecule has 2 aromatic rings. The van der Waals surface area contributed by atoms with E-state index >= 15 is 0 Å². The molecule has 0 bridgehead atoms. The molecule has 0 fully saturated rings. The van der Waals surface area contributed by atoms with Gasteiger partial charge < -0.3 is 5.67 Å². The normalized spacial score (nSPS) is 14.1. The molecule has 0 saturated heterocycles. The summed E-state index contributed by atoms with van der Waals surface area (Å²) in [5.41, 5.74) is 2.65. The van der Waals surface area contributed by atoms with Crippen LogP contribution in [0.15, 0.2) is 24.3 Å². The standard InChI is InChI=1S/C24H46Si5.C7H19Si2.Sm/c1-25(2,3)19-15-23(28(10,11)12)24(16-19)29(13,14)20-17-21(26(4,5)6)22(18-20)27(7,8)9;1-8(2,3)7-9(4,5)6;/h15-18H,1-14H3;7H,1-6H3;/q-2;-1;. The SMILES string of the molecule is C[Si](C)(C)[CH-][Si](C)(C)C.C[Si](C)(C)c1cc([Si](C)(C)C)[c-]([Si](C)(C)[c-]2cc([Si](C)(C)C)c([Si](C)(C)C)c2)c1.[Sm]. The molecule has 226 valence electrons. The second-order valence-corrected chi connectivity index (χ2v) is 53.8. The third kappa shape index (κ3) is 12.2. The van der Waals surface area contributed by atoms with Crippen molar-refractivity contribution in [3.63, 3.8) is 0 Å². The van der Waals surface area contributed by atoms with Crippen molar-refractivity contribution in [1.29, 1.82) is 0 Å². The van der Waals surface area contributed by atoms with E-state index in [9.17, 15) is 0 Å². The first-order valence-corrected chi connectivity index (χ1v) is 39.0. The summed E-state index contributed by atoms with van der Waals surface area (Å²) in [4.78, 5) is 0. The second-order valence-electron chi connectivity index (χ2n) is 18.6. The maximum atomic E-state index is 2.68. The molecule has 0 saturated carbocycles. The molecule has 8 heteroatoms. The molecule has 0 nitrogen and oxygen atoms in total. The Hall–Kier alpha value is 1.56. The van der Waals surface area contributed by atoms with E-state index in [1.807, 2.05) is 0 Å². The van der Waals surface area contributed by atoms with Crippen molar-refractivity contribution in [2.45, 2.75) is 131 Å². The first-order valence-electron chi connectivity index (χ1n) is 14.9. The van der Waals surface area contributed by atoms with Crippen LogP contribution < -0.4 is 31.1 Å². The Kier molecular flexibility index (Phi) is 13.8. The van der Waals surface area contributed by atoms with Crippen LogP contribution in [0.2, 0.25) is 131 Å². The fourth-order valence-electron chi connectivity index (χ4n) is 5.64. The molecular weight excluding hydrogens is 719 g/mol. The van der Waals surface area contributed by atoms with Gasteiger partial charge in [-0.3, -0.25) is 0 Å². The Bertz CT molecular complexity index is 1020. The van der Waals surface area contributed by atoms with E-state index in [0.717, 1.165) is 0 Å². The fourth-order valence-corrected chi connectivity index (χ4v) is 29.1. The van der Waals surface area contributed by atoms with Crippen molar-refractivity contribution in [3.8, 4) is 0 Å². The minimum atomic E-state index is -1.73. The first kappa shape index (κ1) is 40.6. The molecular formula is C31H65Si7Sm-3. The van der Waals surface area contributed by atoms with Crippen LogP contribution in [0.25, 0.3) is 0 Å². The van der Waals surface area contributed by atoms with E-state index in [1.54, 1.807) is 31.1 Å². The quantitative estimate of drug-likeness (QED) is 0.199. The van der Waals surface area contributed by atoms with E-state index in [0.29, 0.717) is 0 Å². The first-order chi connectivity index (χ1) is 16.4. The van der Waals surface area contributed by atoms with Crippen LogP contribution in [0.3, 0.4) is 0 Å². The number of hydrogen-bond donors (Lipinski definition) is 0. The molecule has 0 aliphatic carbocycles. The minimum Gasteiger partial charge on any atom is -0.327 e. The summed E-state index contributed by atoms with van der Waals surface area (Å²) in [7, 11) is -8.84. The van der Waals surface area contributed by atoms with Gasteiger partial charge in [0.15, 0.2) is 0 Å². The molecule has 2 aromatic carbocycles. The monoisotopic (exact) mass is 785 g/mol. The average molecular weight is 785 g/mol. The van der Waals surface area contributed by atoms with Gasteiger partial charge in [-0.05, 0) is 8.07 Å². The van der Waals surface area contributed by atoms with Crippen molar-refractivity contribution in [2.24, 2.45) is 0 Å². The van der Waals surface area contributed by atoms with Gasteiger partial charge in [0.25, 0.3) is 0 Å². The molecule has 0 heterocycles. The zero-order valence-corrected chi connectivity index (χ0v) is 39.4. The Balaban J connectivity index is 0.00000124. The third-order valence-electron chi connectivity index (χ3n) is 7.33. The van der Waals surface area contributed by atoms with E-state index in [-0.39, 0.29) is 40.4 Å². The van der Waals surface area contributed by atoms with E-state index in [1.165, 1.54) is 0 Å². The molecule has 0 unspecified atom stereocenters. The smallest absolute Gasteiger partial charge is 0.0505 e. The molecule has 0 N–H and O–H groups in total. The van der Waals surface area contributed by atoms with Crippen LogP contribution in [0, 0.1) is 46.1 Å². The predicted octanol–water partition coefficient (Wildman–Crippen LogP) is 7.07. The Labute approximate surface area is 285 Å². The third-order valence-corrected chi connectivity index (χ3v) is 26.4. The Morgan fingerprint density at radius 1 is 0.487 bits per heavy atom. The zero-order valence-electron chi connectivity index (χ0n) is 29.8. The van der Waals surface area contributed by atoms with Gasteiger partial charge >= 0.3 is 0 Å². The van der Waals surface area contributed by atoms with Crippen LogP contribution >= 0.6 is 0 Å². The van der Waals surface area contributed by atoms with E-state index in [2.05, 4.69) is 161 Å². The summed E-state index contributed by atoms with van der Waals surface area (Å²) in [6.07, 6.45) is 0. The number of rotatable bonds is 8. The van der Waals surface area contributed by atoms with Crippen LogP contribution in [0.1, 0.15) is 0 Å². The zero-order chi connectivity index (χ0) is 30.5. The van der Waals surface area contributed by atoms with Gasteiger partial charge in [-0.1, -0.05) is 131 Å². The van der Waals surface area contributed by atoms with Crippen molar-refractivity contribution in [1.82, 2.24) is 0 Å². The maximum Gasteiger partial charge on any atom is 0.0505 e. The van der Waals surface area contributed by atoms with E-state index < -0.39 is 56.5 Å². The largest absolute Gasteiger partial charge is 0.327 e. The molecule has 0 spiro atoms. The van der Waals surface area contributed by atoms with Gasteiger partial charge in [-0.25, -0.2) is 21.6 Å². The molecule has 39 heavy (non-hydrogen) atoms. The minimum absolute atomic E-state index is 0. The Morgan fingerprint density at radius 2 is 0.846 bits per heavy atom. The van der Waals surface area contributed by atoms with Gasteiger partial charge in [0.2, 0.25) is 0 Å². The van der Waals surface area contributed by atoms with Crippen LogP contribution in [-0.2, 0) is 0 Å². The van der Waals surface area contributed by atoms with Crippen molar-refractivity contribution >= 4 is 87.6 Å². The molecule has 0 amide bonds. The molecule has 2 rings (SSSR count). The summed E-state index contributed by atoms with van der Waals surface area (Å²) in [6, 6.07) is 10.7. The molecule has 0 aliphatic rings. The maximum absolute atomic E-state index is 2.68. The van der Waals surface area contributed by atoms with Crippen molar-refractivity contribution < 1.29 is 40.4 Å². The van der Waals surface area contributed by atoms with Crippen LogP contribution in [0.5, 0.6) is 0 Å². The average Bonchev–Trinajstić information content (AvgIpc) is 3.23. The van der Waals surface area contributed by atoms with Gasteiger partial charge in [0.1, 0.15) is 0 Å². The fraction of sp³-hybridized carbons (Fsp3) is 0.645. The second kappa shape index (κ2) is 13.3. The molecule has 0 atom stereocenters. The molecule has 0 aromatic heterocycles.